The van der Waals surface area contributed by atoms with Crippen LogP contribution in [0.3, 0.4) is 0 Å². The molecule has 0 bridgehead atoms. The number of rotatable bonds is 7. The Balaban J connectivity index is 1.75. The lowest BCUT2D eigenvalue weighted by Gasteiger charge is -2.19. The topological polar surface area (TPSA) is 95.8 Å². The SMILES string of the molecule is CCN(CC)c1ccc(NC(=O)c2cc(S(=O)(=O)N3CCCC3)c(C)o2)cn1. The fraction of sp³-hybridized carbons (Fsp3) is 0.474. The van der Waals surface area contributed by atoms with E-state index in [1.807, 2.05) is 19.9 Å². The second-order valence-corrected chi connectivity index (χ2v) is 8.58. The van der Waals surface area contributed by atoms with Gasteiger partial charge in [-0.1, -0.05) is 0 Å². The van der Waals surface area contributed by atoms with Gasteiger partial charge in [-0.3, -0.25) is 4.79 Å². The third-order valence-electron chi connectivity index (χ3n) is 4.87. The summed E-state index contributed by atoms with van der Waals surface area (Å²) in [4.78, 5) is 19.0. The molecule has 152 valence electrons. The van der Waals surface area contributed by atoms with Crippen LogP contribution < -0.4 is 10.2 Å². The average Bonchev–Trinajstić information content (AvgIpc) is 3.34. The summed E-state index contributed by atoms with van der Waals surface area (Å²) in [7, 11) is -3.63. The Morgan fingerprint density at radius 1 is 1.25 bits per heavy atom. The smallest absolute Gasteiger partial charge is 0.291 e. The number of sulfonamides is 1. The van der Waals surface area contributed by atoms with Gasteiger partial charge >= 0.3 is 0 Å². The molecule has 2 aromatic rings. The fourth-order valence-electron chi connectivity index (χ4n) is 3.29. The molecule has 3 heterocycles. The Hall–Kier alpha value is -2.39. The van der Waals surface area contributed by atoms with Gasteiger partial charge in [-0.25, -0.2) is 13.4 Å². The van der Waals surface area contributed by atoms with Crippen molar-refractivity contribution in [2.45, 2.75) is 38.5 Å². The number of amides is 1. The number of hydrogen-bond donors (Lipinski definition) is 1. The molecule has 0 unspecified atom stereocenters. The number of nitrogens with zero attached hydrogens (tertiary/aromatic N) is 3. The summed E-state index contributed by atoms with van der Waals surface area (Å²) >= 11 is 0. The Kier molecular flexibility index (Phi) is 6.04. The molecule has 2 aromatic heterocycles. The predicted octanol–water partition coefficient (Wildman–Crippen LogP) is 2.87. The molecule has 1 N–H and O–H groups in total. The normalized spacial score (nSPS) is 15.0. The lowest BCUT2D eigenvalue weighted by Crippen LogP contribution is -2.28. The van der Waals surface area contributed by atoms with E-state index in [9.17, 15) is 13.2 Å². The van der Waals surface area contributed by atoms with E-state index in [4.69, 9.17) is 4.42 Å². The molecule has 1 fully saturated rings. The number of aryl methyl sites for hydroxylation is 1. The quantitative estimate of drug-likeness (QED) is 0.760. The van der Waals surface area contributed by atoms with Gasteiger partial charge < -0.3 is 14.6 Å². The number of pyridine rings is 1. The molecule has 3 rings (SSSR count). The number of aromatic nitrogens is 1. The van der Waals surface area contributed by atoms with Gasteiger partial charge in [-0.2, -0.15) is 4.31 Å². The van der Waals surface area contributed by atoms with Gasteiger partial charge in [0.15, 0.2) is 5.76 Å². The van der Waals surface area contributed by atoms with E-state index in [0.29, 0.717) is 18.8 Å². The molecule has 9 heteroatoms. The van der Waals surface area contributed by atoms with Crippen LogP contribution in [0.15, 0.2) is 33.7 Å². The van der Waals surface area contributed by atoms with E-state index in [-0.39, 0.29) is 16.4 Å². The van der Waals surface area contributed by atoms with E-state index in [2.05, 4.69) is 15.2 Å². The molecular formula is C19H26N4O4S. The van der Waals surface area contributed by atoms with Gasteiger partial charge in [0.05, 0.1) is 11.9 Å². The minimum Gasteiger partial charge on any atom is -0.455 e. The van der Waals surface area contributed by atoms with Crippen molar-refractivity contribution in [2.75, 3.05) is 36.4 Å². The number of carbonyl (C=O) groups is 1. The summed E-state index contributed by atoms with van der Waals surface area (Å²) in [5.74, 6) is 0.495. The van der Waals surface area contributed by atoms with Crippen LogP contribution in [-0.2, 0) is 10.0 Å². The lowest BCUT2D eigenvalue weighted by molar-refractivity contribution is 0.0995. The van der Waals surface area contributed by atoms with Crippen LogP contribution in [0.2, 0.25) is 0 Å². The van der Waals surface area contributed by atoms with E-state index in [0.717, 1.165) is 31.7 Å². The monoisotopic (exact) mass is 406 g/mol. The Bertz CT molecular complexity index is 927. The molecular weight excluding hydrogens is 380 g/mol. The molecule has 1 saturated heterocycles. The number of hydrogen-bond acceptors (Lipinski definition) is 6. The number of nitrogens with one attached hydrogen (secondary N) is 1. The minimum atomic E-state index is -3.63. The van der Waals surface area contributed by atoms with Crippen molar-refractivity contribution in [1.82, 2.24) is 9.29 Å². The maximum absolute atomic E-state index is 12.7. The summed E-state index contributed by atoms with van der Waals surface area (Å²) in [5, 5.41) is 2.70. The van der Waals surface area contributed by atoms with E-state index in [1.54, 1.807) is 19.2 Å². The summed E-state index contributed by atoms with van der Waals surface area (Å²) in [5.41, 5.74) is 0.513. The van der Waals surface area contributed by atoms with Crippen molar-refractivity contribution in [3.63, 3.8) is 0 Å². The minimum absolute atomic E-state index is 0.0388. The molecule has 0 spiro atoms. The lowest BCUT2D eigenvalue weighted by atomic mass is 10.3. The highest BCUT2D eigenvalue weighted by molar-refractivity contribution is 7.89. The molecule has 1 aliphatic heterocycles. The zero-order chi connectivity index (χ0) is 20.3. The van der Waals surface area contributed by atoms with Gasteiger partial charge in [0.1, 0.15) is 16.5 Å². The Morgan fingerprint density at radius 2 is 1.93 bits per heavy atom. The molecule has 0 saturated carbocycles. The van der Waals surface area contributed by atoms with Gasteiger partial charge in [0.25, 0.3) is 5.91 Å². The van der Waals surface area contributed by atoms with Crippen molar-refractivity contribution in [2.24, 2.45) is 0 Å². The Morgan fingerprint density at radius 3 is 2.50 bits per heavy atom. The summed E-state index contributed by atoms with van der Waals surface area (Å²) < 4.78 is 32.3. The zero-order valence-electron chi connectivity index (χ0n) is 16.4. The molecule has 0 aromatic carbocycles. The third kappa shape index (κ3) is 4.05. The molecule has 1 amide bonds. The van der Waals surface area contributed by atoms with Crippen LogP contribution in [-0.4, -0.2) is 49.8 Å². The zero-order valence-corrected chi connectivity index (χ0v) is 17.3. The maximum Gasteiger partial charge on any atom is 0.291 e. The molecule has 0 radical (unpaired) electrons. The molecule has 8 nitrogen and oxygen atoms in total. The predicted molar refractivity (Wildman–Crippen MR) is 107 cm³/mol. The first-order valence-electron chi connectivity index (χ1n) is 9.49. The van der Waals surface area contributed by atoms with Crippen molar-refractivity contribution in [1.29, 1.82) is 0 Å². The van der Waals surface area contributed by atoms with Crippen molar-refractivity contribution >= 4 is 27.4 Å². The van der Waals surface area contributed by atoms with E-state index >= 15 is 0 Å². The van der Waals surface area contributed by atoms with Crippen LogP contribution in [0, 0.1) is 6.92 Å². The highest BCUT2D eigenvalue weighted by Gasteiger charge is 2.31. The van der Waals surface area contributed by atoms with Gasteiger partial charge in [-0.05, 0) is 45.7 Å². The average molecular weight is 407 g/mol. The Labute approximate surface area is 165 Å². The standard InChI is InChI=1S/C19H26N4O4S/c1-4-22(5-2)18-9-8-15(13-20-18)21-19(24)16-12-17(14(3)27-16)28(25,26)23-10-6-7-11-23/h8-9,12-13H,4-7,10-11H2,1-3H3,(H,21,24). The summed E-state index contributed by atoms with van der Waals surface area (Å²) in [6.45, 7) is 8.34. The number of furan rings is 1. The van der Waals surface area contributed by atoms with Gasteiger partial charge in [0.2, 0.25) is 10.0 Å². The second-order valence-electron chi connectivity index (χ2n) is 6.67. The molecule has 1 aliphatic rings. The fourth-order valence-corrected chi connectivity index (χ4v) is 4.97. The first-order chi connectivity index (χ1) is 13.4. The third-order valence-corrected chi connectivity index (χ3v) is 6.88. The first-order valence-corrected chi connectivity index (χ1v) is 10.9. The van der Waals surface area contributed by atoms with Gasteiger partial charge in [-0.15, -0.1) is 0 Å². The van der Waals surface area contributed by atoms with Crippen LogP contribution >= 0.6 is 0 Å². The molecule has 0 aliphatic carbocycles. The van der Waals surface area contributed by atoms with E-state index < -0.39 is 15.9 Å². The number of carbonyl (C=O) groups excluding carboxylic acids is 1. The van der Waals surface area contributed by atoms with Crippen LogP contribution in [0.4, 0.5) is 11.5 Å². The van der Waals surface area contributed by atoms with Crippen molar-refractivity contribution < 1.29 is 17.6 Å². The molecule has 28 heavy (non-hydrogen) atoms. The molecule has 0 atom stereocenters. The van der Waals surface area contributed by atoms with Crippen LogP contribution in [0.25, 0.3) is 0 Å². The summed E-state index contributed by atoms with van der Waals surface area (Å²) in [6.07, 6.45) is 3.27. The van der Waals surface area contributed by atoms with Crippen molar-refractivity contribution in [3.8, 4) is 0 Å². The summed E-state index contributed by atoms with van der Waals surface area (Å²) in [6, 6.07) is 4.89. The van der Waals surface area contributed by atoms with Gasteiger partial charge in [0, 0.05) is 32.2 Å². The van der Waals surface area contributed by atoms with E-state index in [1.165, 1.54) is 10.4 Å². The van der Waals surface area contributed by atoms with Crippen LogP contribution in [0.1, 0.15) is 43.0 Å². The van der Waals surface area contributed by atoms with Crippen LogP contribution in [0.5, 0.6) is 0 Å². The maximum atomic E-state index is 12.7. The highest BCUT2D eigenvalue weighted by atomic mass is 32.2. The second kappa shape index (κ2) is 8.32. The first kappa shape index (κ1) is 20.3. The highest BCUT2D eigenvalue weighted by Crippen LogP contribution is 2.27. The number of anilines is 2. The largest absolute Gasteiger partial charge is 0.455 e. The van der Waals surface area contributed by atoms with Crippen molar-refractivity contribution in [3.05, 3.63) is 35.9 Å².